The molecule has 152 valence electrons. The number of nitrogens with one attached hydrogen (secondary N) is 2. The second kappa shape index (κ2) is 9.06. The number of nitrogens with zero attached hydrogens (tertiary/aromatic N) is 3. The number of rotatable bonds is 6. The molecule has 2 aliphatic rings. The van der Waals surface area contributed by atoms with Crippen LogP contribution in [-0.2, 0) is 11.3 Å². The second-order valence-electron chi connectivity index (χ2n) is 8.18. The van der Waals surface area contributed by atoms with Gasteiger partial charge in [0.1, 0.15) is 5.76 Å². The van der Waals surface area contributed by atoms with E-state index in [1.54, 1.807) is 0 Å². The van der Waals surface area contributed by atoms with Gasteiger partial charge < -0.3 is 19.8 Å². The summed E-state index contributed by atoms with van der Waals surface area (Å²) < 4.78 is 11.6. The first-order chi connectivity index (χ1) is 13.0. The van der Waals surface area contributed by atoms with Crippen molar-refractivity contribution >= 4 is 5.96 Å². The van der Waals surface area contributed by atoms with Gasteiger partial charge in [0.15, 0.2) is 5.96 Å². The van der Waals surface area contributed by atoms with Crippen molar-refractivity contribution in [3.8, 4) is 0 Å². The lowest BCUT2D eigenvalue weighted by Gasteiger charge is -2.31. The first-order valence-corrected chi connectivity index (χ1v) is 10.2. The molecule has 0 amide bonds. The van der Waals surface area contributed by atoms with Crippen molar-refractivity contribution in [2.45, 2.75) is 58.6 Å². The fourth-order valence-corrected chi connectivity index (χ4v) is 3.86. The lowest BCUT2D eigenvalue weighted by atomic mass is 9.97. The Hall–Kier alpha value is -1.60. The average Bonchev–Trinajstić information content (AvgIpc) is 3.22. The number of likely N-dealkylation sites (tertiary alicyclic amines) is 1. The minimum Gasteiger partial charge on any atom is -0.444 e. The second-order valence-corrected chi connectivity index (χ2v) is 8.18. The molecule has 27 heavy (non-hydrogen) atoms. The first-order valence-electron chi connectivity index (χ1n) is 10.2. The Morgan fingerprint density at radius 2 is 2.07 bits per heavy atom. The van der Waals surface area contributed by atoms with Crippen LogP contribution >= 0.6 is 0 Å². The highest BCUT2D eigenvalue weighted by Gasteiger charge is 2.29. The number of aliphatic imine (C=N–C) groups is 1. The molecule has 0 saturated carbocycles. The Kier molecular flexibility index (Phi) is 6.76. The molecule has 0 aromatic carbocycles. The quantitative estimate of drug-likeness (QED) is 0.585. The molecule has 0 spiro atoms. The highest BCUT2D eigenvalue weighted by molar-refractivity contribution is 5.79. The summed E-state index contributed by atoms with van der Waals surface area (Å²) in [6.07, 6.45) is 4.63. The molecule has 0 radical (unpaired) electrons. The van der Waals surface area contributed by atoms with Gasteiger partial charge in [0, 0.05) is 26.7 Å². The van der Waals surface area contributed by atoms with Crippen LogP contribution in [0, 0.1) is 19.8 Å². The van der Waals surface area contributed by atoms with E-state index in [4.69, 9.17) is 9.15 Å². The number of aryl methyl sites for hydroxylation is 2. The Morgan fingerprint density at radius 1 is 1.30 bits per heavy atom. The highest BCUT2D eigenvalue weighted by atomic mass is 16.5. The zero-order valence-corrected chi connectivity index (χ0v) is 17.3. The van der Waals surface area contributed by atoms with Crippen LogP contribution in [0.5, 0.6) is 0 Å². The molecule has 1 atom stereocenters. The van der Waals surface area contributed by atoms with Gasteiger partial charge in [-0.1, -0.05) is 0 Å². The Balaban J connectivity index is 1.35. The van der Waals surface area contributed by atoms with Gasteiger partial charge in [0.05, 0.1) is 17.8 Å². The zero-order valence-electron chi connectivity index (χ0n) is 17.3. The number of ether oxygens (including phenoxy) is 1. The molecular weight excluding hydrogens is 342 g/mol. The maximum Gasteiger partial charge on any atom is 0.208 e. The number of aromatic nitrogens is 1. The van der Waals surface area contributed by atoms with E-state index in [-0.39, 0.29) is 5.60 Å². The number of guanidine groups is 1. The Morgan fingerprint density at radius 3 is 2.67 bits per heavy atom. The van der Waals surface area contributed by atoms with Gasteiger partial charge in [-0.3, -0.25) is 9.89 Å². The standard InChI is InChI=1S/C20H35N5O2/c1-15-16(2)27-18(24-15)13-25-9-6-17(7-10-25)12-22-19(21-4)23-14-20(3)8-5-11-26-20/h17H,5-14H2,1-4H3,(H2,21,22,23). The van der Waals surface area contributed by atoms with Crippen LogP contribution in [0.15, 0.2) is 9.41 Å². The van der Waals surface area contributed by atoms with Crippen LogP contribution in [0.25, 0.3) is 0 Å². The minimum absolute atomic E-state index is 0.0560. The maximum absolute atomic E-state index is 5.84. The highest BCUT2D eigenvalue weighted by Crippen LogP contribution is 2.24. The van der Waals surface area contributed by atoms with Gasteiger partial charge in [-0.2, -0.15) is 0 Å². The van der Waals surface area contributed by atoms with E-state index in [1.807, 2.05) is 20.9 Å². The summed E-state index contributed by atoms with van der Waals surface area (Å²) in [5.41, 5.74) is 0.944. The van der Waals surface area contributed by atoms with Gasteiger partial charge in [-0.25, -0.2) is 4.98 Å². The topological polar surface area (TPSA) is 74.9 Å². The van der Waals surface area contributed by atoms with Gasteiger partial charge in [-0.05, 0) is 65.5 Å². The molecule has 2 N–H and O–H groups in total. The van der Waals surface area contributed by atoms with Gasteiger partial charge >= 0.3 is 0 Å². The molecule has 2 saturated heterocycles. The van der Waals surface area contributed by atoms with Crippen LogP contribution in [0.4, 0.5) is 0 Å². The fraction of sp³-hybridized carbons (Fsp3) is 0.800. The van der Waals surface area contributed by atoms with Crippen molar-refractivity contribution in [2.75, 3.05) is 39.8 Å². The summed E-state index contributed by atoms with van der Waals surface area (Å²) in [4.78, 5) is 11.3. The normalized spacial score (nSPS) is 25.1. The number of oxazole rings is 1. The predicted molar refractivity (Wildman–Crippen MR) is 107 cm³/mol. The molecule has 7 nitrogen and oxygen atoms in total. The van der Waals surface area contributed by atoms with Crippen molar-refractivity contribution in [2.24, 2.45) is 10.9 Å². The Bertz CT molecular complexity index is 609. The summed E-state index contributed by atoms with van der Waals surface area (Å²) in [5, 5.41) is 6.91. The van der Waals surface area contributed by atoms with Crippen LogP contribution in [0.2, 0.25) is 0 Å². The third-order valence-electron chi connectivity index (χ3n) is 5.85. The van der Waals surface area contributed by atoms with E-state index < -0.39 is 0 Å². The average molecular weight is 378 g/mol. The van der Waals surface area contributed by atoms with E-state index in [2.05, 4.69) is 32.4 Å². The van der Waals surface area contributed by atoms with Crippen molar-refractivity contribution in [1.82, 2.24) is 20.5 Å². The lowest BCUT2D eigenvalue weighted by molar-refractivity contribution is 0.0242. The molecule has 1 unspecified atom stereocenters. The lowest BCUT2D eigenvalue weighted by Crippen LogP contribution is -2.47. The van der Waals surface area contributed by atoms with Crippen LogP contribution in [0.3, 0.4) is 0 Å². The van der Waals surface area contributed by atoms with E-state index in [0.717, 1.165) is 75.5 Å². The van der Waals surface area contributed by atoms with E-state index in [0.29, 0.717) is 5.92 Å². The molecule has 1 aromatic rings. The van der Waals surface area contributed by atoms with Crippen molar-refractivity contribution in [3.05, 3.63) is 17.3 Å². The molecule has 0 aliphatic carbocycles. The summed E-state index contributed by atoms with van der Waals surface area (Å²) in [6, 6.07) is 0. The largest absolute Gasteiger partial charge is 0.444 e. The van der Waals surface area contributed by atoms with Crippen LogP contribution in [-0.4, -0.2) is 61.3 Å². The van der Waals surface area contributed by atoms with E-state index in [9.17, 15) is 0 Å². The Labute approximate surface area is 163 Å². The predicted octanol–water partition coefficient (Wildman–Crippen LogP) is 2.24. The summed E-state index contributed by atoms with van der Waals surface area (Å²) in [6.45, 7) is 11.8. The van der Waals surface area contributed by atoms with E-state index >= 15 is 0 Å². The smallest absolute Gasteiger partial charge is 0.208 e. The summed E-state index contributed by atoms with van der Waals surface area (Å²) >= 11 is 0. The number of hydrogen-bond donors (Lipinski definition) is 2. The van der Waals surface area contributed by atoms with Crippen LogP contribution in [0.1, 0.15) is 50.0 Å². The van der Waals surface area contributed by atoms with Gasteiger partial charge in [-0.15, -0.1) is 0 Å². The SMILES string of the molecule is CN=C(NCC1CCN(Cc2nc(C)c(C)o2)CC1)NCC1(C)CCCO1. The van der Waals surface area contributed by atoms with Crippen molar-refractivity contribution in [3.63, 3.8) is 0 Å². The maximum atomic E-state index is 5.84. The number of piperidine rings is 1. The monoisotopic (exact) mass is 377 g/mol. The fourth-order valence-electron chi connectivity index (χ4n) is 3.86. The molecule has 7 heteroatoms. The summed E-state index contributed by atoms with van der Waals surface area (Å²) in [5.74, 6) is 3.32. The van der Waals surface area contributed by atoms with Gasteiger partial charge in [0.25, 0.3) is 0 Å². The minimum atomic E-state index is -0.0560. The van der Waals surface area contributed by atoms with Crippen molar-refractivity contribution in [1.29, 1.82) is 0 Å². The van der Waals surface area contributed by atoms with Crippen LogP contribution < -0.4 is 10.6 Å². The molecular formula is C20H35N5O2. The molecule has 3 rings (SSSR count). The zero-order chi connectivity index (χ0) is 19.3. The van der Waals surface area contributed by atoms with Gasteiger partial charge in [0.2, 0.25) is 5.89 Å². The molecule has 1 aromatic heterocycles. The molecule has 3 heterocycles. The van der Waals surface area contributed by atoms with Crippen molar-refractivity contribution < 1.29 is 9.15 Å². The number of hydrogen-bond acceptors (Lipinski definition) is 5. The third-order valence-corrected chi connectivity index (χ3v) is 5.85. The third kappa shape index (κ3) is 5.69. The molecule has 2 aliphatic heterocycles. The first kappa shape index (κ1) is 20.1. The summed E-state index contributed by atoms with van der Waals surface area (Å²) in [7, 11) is 1.83. The molecule has 2 fully saturated rings. The van der Waals surface area contributed by atoms with E-state index in [1.165, 1.54) is 12.8 Å². The molecule has 0 bridgehead atoms.